The molecule has 0 radical (unpaired) electrons. The lowest BCUT2D eigenvalue weighted by Crippen LogP contribution is -2.29. The molecule has 8 heteroatoms. The van der Waals surface area contributed by atoms with Crippen LogP contribution in [0.4, 0.5) is 13.2 Å². The Morgan fingerprint density at radius 1 is 1.00 bits per heavy atom. The van der Waals surface area contributed by atoms with Crippen molar-refractivity contribution in [1.82, 2.24) is 5.32 Å². The third-order valence-electron chi connectivity index (χ3n) is 3.03. The van der Waals surface area contributed by atoms with Gasteiger partial charge in [-0.05, 0) is 42.0 Å². The standard InChI is InChI=1S/C17H15ClF3NO3/c18-13-3-7-14(8-4-13)24-10-9-22-16(23)11-12-1-5-15(6-2-12)25-17(19,20)21/h1-8H,9-11H2,(H,22,23). The number of nitrogens with one attached hydrogen (secondary N) is 1. The van der Waals surface area contributed by atoms with Crippen LogP contribution in [-0.2, 0) is 11.2 Å². The van der Waals surface area contributed by atoms with Crippen LogP contribution in [0.2, 0.25) is 5.02 Å². The van der Waals surface area contributed by atoms with E-state index in [2.05, 4.69) is 10.1 Å². The Balaban J connectivity index is 1.70. The van der Waals surface area contributed by atoms with Gasteiger partial charge in [0, 0.05) is 5.02 Å². The molecule has 2 aromatic carbocycles. The van der Waals surface area contributed by atoms with Crippen LogP contribution >= 0.6 is 11.6 Å². The van der Waals surface area contributed by atoms with Crippen molar-refractivity contribution in [3.63, 3.8) is 0 Å². The normalized spacial score (nSPS) is 11.0. The molecule has 1 N–H and O–H groups in total. The van der Waals surface area contributed by atoms with Crippen LogP contribution in [0, 0.1) is 0 Å². The molecule has 0 aliphatic carbocycles. The minimum atomic E-state index is -4.73. The van der Waals surface area contributed by atoms with Crippen molar-refractivity contribution in [1.29, 1.82) is 0 Å². The quantitative estimate of drug-likeness (QED) is 0.747. The largest absolute Gasteiger partial charge is 0.573 e. The minimum absolute atomic E-state index is 0.0489. The Hall–Kier alpha value is -2.41. The smallest absolute Gasteiger partial charge is 0.492 e. The number of rotatable bonds is 7. The highest BCUT2D eigenvalue weighted by Crippen LogP contribution is 2.22. The number of amides is 1. The molecule has 0 fully saturated rings. The molecule has 4 nitrogen and oxygen atoms in total. The fourth-order valence-electron chi connectivity index (χ4n) is 1.95. The second kappa shape index (κ2) is 8.62. The van der Waals surface area contributed by atoms with E-state index in [0.29, 0.717) is 22.9 Å². The number of hydrogen-bond acceptors (Lipinski definition) is 3. The summed E-state index contributed by atoms with van der Waals surface area (Å²) in [7, 11) is 0. The summed E-state index contributed by atoms with van der Waals surface area (Å²) < 4.78 is 45.4. The van der Waals surface area contributed by atoms with Crippen molar-refractivity contribution < 1.29 is 27.4 Å². The van der Waals surface area contributed by atoms with Gasteiger partial charge in [0.1, 0.15) is 18.1 Å². The van der Waals surface area contributed by atoms with Gasteiger partial charge in [0.15, 0.2) is 0 Å². The fourth-order valence-corrected chi connectivity index (χ4v) is 2.07. The molecule has 0 aliphatic heterocycles. The summed E-state index contributed by atoms with van der Waals surface area (Å²) in [5.41, 5.74) is 0.575. The second-order valence-electron chi connectivity index (χ2n) is 5.02. The highest BCUT2D eigenvalue weighted by molar-refractivity contribution is 6.30. The van der Waals surface area contributed by atoms with Crippen molar-refractivity contribution in [2.75, 3.05) is 13.2 Å². The summed E-state index contributed by atoms with van der Waals surface area (Å²) in [4.78, 5) is 11.8. The van der Waals surface area contributed by atoms with Gasteiger partial charge < -0.3 is 14.8 Å². The van der Waals surface area contributed by atoms with Crippen LogP contribution in [0.25, 0.3) is 0 Å². The van der Waals surface area contributed by atoms with Gasteiger partial charge in [0.2, 0.25) is 5.91 Å². The number of benzene rings is 2. The summed E-state index contributed by atoms with van der Waals surface area (Å²) in [6.45, 7) is 0.586. The minimum Gasteiger partial charge on any atom is -0.492 e. The molecule has 0 atom stereocenters. The van der Waals surface area contributed by atoms with Gasteiger partial charge in [0.25, 0.3) is 0 Å². The van der Waals surface area contributed by atoms with E-state index in [9.17, 15) is 18.0 Å². The molecule has 0 saturated carbocycles. The molecule has 1 amide bonds. The van der Waals surface area contributed by atoms with Gasteiger partial charge in [-0.25, -0.2) is 0 Å². The van der Waals surface area contributed by atoms with Gasteiger partial charge in [-0.3, -0.25) is 4.79 Å². The van der Waals surface area contributed by atoms with Crippen LogP contribution in [0.15, 0.2) is 48.5 Å². The van der Waals surface area contributed by atoms with E-state index in [1.807, 2.05) is 0 Å². The van der Waals surface area contributed by atoms with Crippen molar-refractivity contribution in [3.8, 4) is 11.5 Å². The van der Waals surface area contributed by atoms with Crippen LogP contribution in [0.3, 0.4) is 0 Å². The maximum absolute atomic E-state index is 12.1. The Labute approximate surface area is 147 Å². The lowest BCUT2D eigenvalue weighted by Gasteiger charge is -2.10. The van der Waals surface area contributed by atoms with E-state index in [-0.39, 0.29) is 24.7 Å². The topological polar surface area (TPSA) is 47.6 Å². The zero-order valence-electron chi connectivity index (χ0n) is 13.0. The van der Waals surface area contributed by atoms with Crippen LogP contribution in [0.1, 0.15) is 5.56 Å². The first-order chi connectivity index (χ1) is 11.8. The molecule has 134 valence electrons. The average Bonchev–Trinajstić information content (AvgIpc) is 2.54. The van der Waals surface area contributed by atoms with Crippen molar-refractivity contribution in [3.05, 3.63) is 59.1 Å². The first-order valence-corrected chi connectivity index (χ1v) is 7.69. The number of halogens is 4. The molecule has 0 saturated heterocycles. The molecular weight excluding hydrogens is 359 g/mol. The number of carbonyl (C=O) groups excluding carboxylic acids is 1. The highest BCUT2D eigenvalue weighted by atomic mass is 35.5. The zero-order valence-corrected chi connectivity index (χ0v) is 13.7. The molecule has 2 aromatic rings. The molecule has 0 aromatic heterocycles. The maximum atomic E-state index is 12.1. The third kappa shape index (κ3) is 7.34. The Morgan fingerprint density at radius 3 is 2.20 bits per heavy atom. The van der Waals surface area contributed by atoms with E-state index in [1.54, 1.807) is 24.3 Å². The summed E-state index contributed by atoms with van der Waals surface area (Å²) in [6, 6.07) is 12.0. The molecule has 25 heavy (non-hydrogen) atoms. The molecule has 0 heterocycles. The van der Waals surface area contributed by atoms with Gasteiger partial charge in [-0.15, -0.1) is 13.2 Å². The summed E-state index contributed by atoms with van der Waals surface area (Å²) in [6.07, 6.45) is -4.68. The third-order valence-corrected chi connectivity index (χ3v) is 3.28. The molecular formula is C17H15ClF3NO3. The summed E-state index contributed by atoms with van der Waals surface area (Å²) in [5.74, 6) is 0.0520. The zero-order chi connectivity index (χ0) is 18.3. The lowest BCUT2D eigenvalue weighted by atomic mass is 10.1. The maximum Gasteiger partial charge on any atom is 0.573 e. The number of hydrogen-bond donors (Lipinski definition) is 1. The Bertz CT molecular complexity index is 688. The van der Waals surface area contributed by atoms with Gasteiger partial charge in [0.05, 0.1) is 13.0 Å². The number of ether oxygens (including phenoxy) is 2. The molecule has 0 spiro atoms. The van der Waals surface area contributed by atoms with E-state index < -0.39 is 6.36 Å². The lowest BCUT2D eigenvalue weighted by molar-refractivity contribution is -0.274. The van der Waals surface area contributed by atoms with Gasteiger partial charge in [-0.1, -0.05) is 23.7 Å². The van der Waals surface area contributed by atoms with E-state index >= 15 is 0 Å². The van der Waals surface area contributed by atoms with E-state index in [1.165, 1.54) is 24.3 Å². The highest BCUT2D eigenvalue weighted by Gasteiger charge is 2.30. The average molecular weight is 374 g/mol. The van der Waals surface area contributed by atoms with Gasteiger partial charge in [-0.2, -0.15) is 0 Å². The number of alkyl halides is 3. The van der Waals surface area contributed by atoms with Crippen LogP contribution in [-0.4, -0.2) is 25.4 Å². The second-order valence-corrected chi connectivity index (χ2v) is 5.46. The van der Waals surface area contributed by atoms with Crippen LogP contribution in [0.5, 0.6) is 11.5 Å². The van der Waals surface area contributed by atoms with E-state index in [0.717, 1.165) is 0 Å². The monoisotopic (exact) mass is 373 g/mol. The molecule has 0 bridgehead atoms. The fraction of sp³-hybridized carbons (Fsp3) is 0.235. The van der Waals surface area contributed by atoms with Crippen molar-refractivity contribution in [2.24, 2.45) is 0 Å². The molecule has 2 rings (SSSR count). The van der Waals surface area contributed by atoms with Crippen LogP contribution < -0.4 is 14.8 Å². The predicted octanol–water partition coefficient (Wildman–Crippen LogP) is 3.98. The Morgan fingerprint density at radius 2 is 1.60 bits per heavy atom. The predicted molar refractivity (Wildman–Crippen MR) is 86.8 cm³/mol. The van der Waals surface area contributed by atoms with Crippen molar-refractivity contribution in [2.45, 2.75) is 12.8 Å². The first kappa shape index (κ1) is 18.9. The molecule has 0 aliphatic rings. The van der Waals surface area contributed by atoms with Gasteiger partial charge >= 0.3 is 6.36 Å². The van der Waals surface area contributed by atoms with E-state index in [4.69, 9.17) is 16.3 Å². The molecule has 0 unspecified atom stereocenters. The van der Waals surface area contributed by atoms with Crippen molar-refractivity contribution >= 4 is 17.5 Å². The first-order valence-electron chi connectivity index (χ1n) is 7.31. The summed E-state index contributed by atoms with van der Waals surface area (Å²) in [5, 5.41) is 3.27. The Kier molecular flexibility index (Phi) is 6.52. The number of carbonyl (C=O) groups is 1. The summed E-state index contributed by atoms with van der Waals surface area (Å²) >= 11 is 5.76. The SMILES string of the molecule is O=C(Cc1ccc(OC(F)(F)F)cc1)NCCOc1ccc(Cl)cc1.